The molecule has 0 aliphatic rings. The van der Waals surface area contributed by atoms with Gasteiger partial charge in [0.25, 0.3) is 0 Å². The van der Waals surface area contributed by atoms with Crippen LogP contribution in [0.15, 0.2) is 30.3 Å². The van der Waals surface area contributed by atoms with Crippen molar-refractivity contribution in [1.29, 1.82) is 0 Å². The molecule has 0 saturated carbocycles. The van der Waals surface area contributed by atoms with Gasteiger partial charge in [-0.2, -0.15) is 5.10 Å². The first-order valence-electron chi connectivity index (χ1n) is 6.21. The Morgan fingerprint density at radius 2 is 2.05 bits per heavy atom. The highest BCUT2D eigenvalue weighted by molar-refractivity contribution is 5.95. The van der Waals surface area contributed by atoms with Gasteiger partial charge in [0.2, 0.25) is 5.91 Å². The van der Waals surface area contributed by atoms with Gasteiger partial charge in [-0.05, 0) is 19.4 Å². The van der Waals surface area contributed by atoms with Crippen molar-refractivity contribution in [3.63, 3.8) is 0 Å². The van der Waals surface area contributed by atoms with E-state index in [1.807, 2.05) is 44.2 Å². The Hall–Kier alpha value is -2.14. The Morgan fingerprint density at radius 1 is 1.37 bits per heavy atom. The lowest BCUT2D eigenvalue weighted by atomic mass is 9.98. The van der Waals surface area contributed by atoms with E-state index in [0.717, 1.165) is 16.8 Å². The van der Waals surface area contributed by atoms with Gasteiger partial charge in [0, 0.05) is 17.8 Å². The number of benzene rings is 1. The van der Waals surface area contributed by atoms with Gasteiger partial charge in [0.05, 0.1) is 5.92 Å². The predicted molar refractivity (Wildman–Crippen MR) is 74.9 cm³/mol. The van der Waals surface area contributed by atoms with Crippen LogP contribution in [-0.4, -0.2) is 22.6 Å². The van der Waals surface area contributed by atoms with Crippen molar-refractivity contribution in [2.24, 2.45) is 5.73 Å². The lowest BCUT2D eigenvalue weighted by molar-refractivity contribution is -0.117. The molecule has 0 aliphatic carbocycles. The van der Waals surface area contributed by atoms with Gasteiger partial charge >= 0.3 is 0 Å². The van der Waals surface area contributed by atoms with E-state index in [9.17, 15) is 4.79 Å². The summed E-state index contributed by atoms with van der Waals surface area (Å²) in [7, 11) is 0. The molecule has 5 heteroatoms. The SMILES string of the molecule is Cc1[nH]nc(NC(=O)C(CN)c2ccccc2)c1C. The molecular formula is C14H18N4O. The minimum Gasteiger partial charge on any atom is -0.329 e. The molecule has 1 heterocycles. The molecule has 1 atom stereocenters. The van der Waals surface area contributed by atoms with Gasteiger partial charge in [-0.15, -0.1) is 0 Å². The van der Waals surface area contributed by atoms with Gasteiger partial charge in [0.1, 0.15) is 0 Å². The van der Waals surface area contributed by atoms with Gasteiger partial charge in [-0.3, -0.25) is 9.89 Å². The van der Waals surface area contributed by atoms with Gasteiger partial charge < -0.3 is 11.1 Å². The van der Waals surface area contributed by atoms with Crippen LogP contribution in [0.2, 0.25) is 0 Å². The Bertz CT molecular complexity index is 562. The number of carbonyl (C=O) groups excluding carboxylic acids is 1. The van der Waals surface area contributed by atoms with Crippen molar-refractivity contribution in [3.05, 3.63) is 47.2 Å². The lowest BCUT2D eigenvalue weighted by Crippen LogP contribution is -2.27. The number of hydrogen-bond acceptors (Lipinski definition) is 3. The first kappa shape index (κ1) is 13.3. The summed E-state index contributed by atoms with van der Waals surface area (Å²) in [6, 6.07) is 9.51. The normalized spacial score (nSPS) is 12.2. The van der Waals surface area contributed by atoms with Crippen LogP contribution in [0.25, 0.3) is 0 Å². The zero-order chi connectivity index (χ0) is 13.8. The maximum atomic E-state index is 12.3. The molecule has 0 saturated heterocycles. The predicted octanol–water partition coefficient (Wildman–Crippen LogP) is 1.71. The van der Waals surface area contributed by atoms with E-state index < -0.39 is 0 Å². The van der Waals surface area contributed by atoms with Crippen molar-refractivity contribution < 1.29 is 4.79 Å². The van der Waals surface area contributed by atoms with Crippen LogP contribution in [0.5, 0.6) is 0 Å². The van der Waals surface area contributed by atoms with Gasteiger partial charge in [0.15, 0.2) is 5.82 Å². The first-order valence-corrected chi connectivity index (χ1v) is 6.21. The molecule has 1 unspecified atom stereocenters. The highest BCUT2D eigenvalue weighted by atomic mass is 16.2. The number of anilines is 1. The number of aryl methyl sites for hydroxylation is 1. The van der Waals surface area contributed by atoms with Crippen LogP contribution < -0.4 is 11.1 Å². The fraction of sp³-hybridized carbons (Fsp3) is 0.286. The highest BCUT2D eigenvalue weighted by Crippen LogP contribution is 2.19. The Morgan fingerprint density at radius 3 is 2.58 bits per heavy atom. The molecule has 1 amide bonds. The van der Waals surface area contributed by atoms with Gasteiger partial charge in [-0.25, -0.2) is 0 Å². The summed E-state index contributed by atoms with van der Waals surface area (Å²) in [5, 5.41) is 9.73. The van der Waals surface area contributed by atoms with Crippen LogP contribution in [0.1, 0.15) is 22.7 Å². The molecule has 2 aromatic rings. The van der Waals surface area contributed by atoms with Crippen molar-refractivity contribution in [2.45, 2.75) is 19.8 Å². The summed E-state index contributed by atoms with van der Waals surface area (Å²) in [4.78, 5) is 12.3. The minimum absolute atomic E-state index is 0.136. The van der Waals surface area contributed by atoms with E-state index in [4.69, 9.17) is 5.73 Å². The average Bonchev–Trinajstić information content (AvgIpc) is 2.73. The second-order valence-electron chi connectivity index (χ2n) is 4.51. The smallest absolute Gasteiger partial charge is 0.234 e. The minimum atomic E-state index is -0.363. The van der Waals surface area contributed by atoms with Crippen LogP contribution in [0, 0.1) is 13.8 Å². The maximum Gasteiger partial charge on any atom is 0.234 e. The Labute approximate surface area is 112 Å². The van der Waals surface area contributed by atoms with Crippen LogP contribution in [-0.2, 0) is 4.79 Å². The summed E-state index contributed by atoms with van der Waals surface area (Å²) >= 11 is 0. The number of carbonyl (C=O) groups is 1. The summed E-state index contributed by atoms with van der Waals surface area (Å²) in [5.41, 5.74) is 8.51. The highest BCUT2D eigenvalue weighted by Gasteiger charge is 2.20. The molecule has 5 nitrogen and oxygen atoms in total. The van der Waals surface area contributed by atoms with Crippen LogP contribution >= 0.6 is 0 Å². The van der Waals surface area contributed by atoms with Crippen LogP contribution in [0.4, 0.5) is 5.82 Å². The molecule has 2 rings (SSSR count). The van der Waals surface area contributed by atoms with Crippen LogP contribution in [0.3, 0.4) is 0 Å². The number of nitrogens with one attached hydrogen (secondary N) is 2. The van der Waals surface area contributed by atoms with Crippen molar-refractivity contribution >= 4 is 11.7 Å². The summed E-state index contributed by atoms with van der Waals surface area (Å²) < 4.78 is 0. The number of H-pyrrole nitrogens is 1. The summed E-state index contributed by atoms with van der Waals surface area (Å²) in [6.07, 6.45) is 0. The number of hydrogen-bond donors (Lipinski definition) is 3. The molecule has 0 spiro atoms. The number of amides is 1. The quantitative estimate of drug-likeness (QED) is 0.780. The number of rotatable bonds is 4. The Balaban J connectivity index is 2.16. The average molecular weight is 258 g/mol. The molecule has 0 bridgehead atoms. The fourth-order valence-electron chi connectivity index (χ4n) is 1.89. The molecule has 0 aliphatic heterocycles. The molecular weight excluding hydrogens is 240 g/mol. The third-order valence-corrected chi connectivity index (χ3v) is 3.25. The lowest BCUT2D eigenvalue weighted by Gasteiger charge is -2.14. The second-order valence-corrected chi connectivity index (χ2v) is 4.51. The first-order chi connectivity index (χ1) is 9.13. The van der Waals surface area contributed by atoms with Crippen molar-refractivity contribution in [2.75, 3.05) is 11.9 Å². The van der Waals surface area contributed by atoms with E-state index in [-0.39, 0.29) is 18.4 Å². The zero-order valence-electron chi connectivity index (χ0n) is 11.1. The van der Waals surface area contributed by atoms with Gasteiger partial charge in [-0.1, -0.05) is 30.3 Å². The maximum absolute atomic E-state index is 12.3. The molecule has 1 aromatic carbocycles. The van der Waals surface area contributed by atoms with E-state index in [0.29, 0.717) is 5.82 Å². The number of nitrogens with two attached hydrogens (primary N) is 1. The van der Waals surface area contributed by atoms with E-state index >= 15 is 0 Å². The number of aromatic nitrogens is 2. The molecule has 1 aromatic heterocycles. The Kier molecular flexibility index (Phi) is 3.97. The monoisotopic (exact) mass is 258 g/mol. The third kappa shape index (κ3) is 2.82. The standard InChI is InChI=1S/C14H18N4O/c1-9-10(2)17-18-13(9)16-14(19)12(8-15)11-6-4-3-5-7-11/h3-7,12H,8,15H2,1-2H3,(H2,16,17,18,19). The molecule has 4 N–H and O–H groups in total. The summed E-state index contributed by atoms with van der Waals surface area (Å²) in [6.45, 7) is 4.09. The molecule has 19 heavy (non-hydrogen) atoms. The number of aromatic amines is 1. The zero-order valence-corrected chi connectivity index (χ0v) is 11.1. The van der Waals surface area contributed by atoms with E-state index in [2.05, 4.69) is 15.5 Å². The van der Waals surface area contributed by atoms with E-state index in [1.165, 1.54) is 0 Å². The fourth-order valence-corrected chi connectivity index (χ4v) is 1.89. The molecule has 0 radical (unpaired) electrons. The topological polar surface area (TPSA) is 83.8 Å². The third-order valence-electron chi connectivity index (χ3n) is 3.25. The van der Waals surface area contributed by atoms with Crippen molar-refractivity contribution in [3.8, 4) is 0 Å². The molecule has 0 fully saturated rings. The second kappa shape index (κ2) is 5.67. The van der Waals surface area contributed by atoms with E-state index in [1.54, 1.807) is 0 Å². The largest absolute Gasteiger partial charge is 0.329 e. The van der Waals surface area contributed by atoms with Crippen molar-refractivity contribution in [1.82, 2.24) is 10.2 Å². The molecule has 100 valence electrons. The number of nitrogens with zero attached hydrogens (tertiary/aromatic N) is 1. The summed E-state index contributed by atoms with van der Waals surface area (Å²) in [5.74, 6) is 0.0674.